The van der Waals surface area contributed by atoms with Gasteiger partial charge in [-0.15, -0.1) is 0 Å². The number of aryl methyl sites for hydroxylation is 1. The maximum absolute atomic E-state index is 14.5. The molecular weight excluding hydrogens is 694 g/mol. The summed E-state index contributed by atoms with van der Waals surface area (Å²) < 4.78 is 19.5. The van der Waals surface area contributed by atoms with Crippen LogP contribution in [-0.4, -0.2) is 83.9 Å². The van der Waals surface area contributed by atoms with Crippen LogP contribution in [0.4, 0.5) is 5.69 Å². The van der Waals surface area contributed by atoms with Crippen LogP contribution in [0, 0.1) is 37.5 Å². The third-order valence-electron chi connectivity index (χ3n) is 11.3. The number of aliphatic hydroxyl groups excluding tert-OH is 3. The Morgan fingerprint density at radius 2 is 1.59 bits per heavy atom. The van der Waals surface area contributed by atoms with Crippen molar-refractivity contribution in [2.75, 3.05) is 12.4 Å². The van der Waals surface area contributed by atoms with Crippen LogP contribution in [0.2, 0.25) is 0 Å². The molecule has 0 unspecified atom stereocenters. The van der Waals surface area contributed by atoms with Crippen molar-refractivity contribution < 1.29 is 49.3 Å². The van der Waals surface area contributed by atoms with Gasteiger partial charge < -0.3 is 45.1 Å². The molecular formula is C41H49N3O10. The van der Waals surface area contributed by atoms with Crippen LogP contribution in [0.3, 0.4) is 0 Å². The number of carbonyl (C=O) groups is 2. The van der Waals surface area contributed by atoms with Gasteiger partial charge in [-0.05, 0) is 44.5 Å². The molecule has 9 atom stereocenters. The Hall–Kier alpha value is -4.95. The summed E-state index contributed by atoms with van der Waals surface area (Å²) in [6.45, 7) is 13.4. The molecule has 13 nitrogen and oxygen atoms in total. The number of hydrogen-bond acceptors (Lipinski definition) is 11. The maximum atomic E-state index is 14.5. The third kappa shape index (κ3) is 6.28. The van der Waals surface area contributed by atoms with Gasteiger partial charge in [0.1, 0.15) is 33.9 Å². The summed E-state index contributed by atoms with van der Waals surface area (Å²) in [5.41, 5.74) is 2.27. The molecule has 4 heterocycles. The number of phenols is 2. The first-order valence-corrected chi connectivity index (χ1v) is 18.1. The highest BCUT2D eigenvalue weighted by molar-refractivity contribution is 6.28. The van der Waals surface area contributed by atoms with Crippen molar-refractivity contribution in [1.29, 1.82) is 0 Å². The Kier molecular flexibility index (Phi) is 10.3. The molecule has 2 aliphatic heterocycles. The van der Waals surface area contributed by atoms with Gasteiger partial charge in [-0.25, -0.2) is 4.98 Å². The SMILES string of the molecule is CO[C@H]1/C=C/O[C@@]2(C)Oc3c(C)c(O)c4c(O)c(c5c(nc6cc(C)ccn65)c4c3C2=O)NC(=O)C(C)=C/C=C/[C@H](C)[C@H](O)[C@@H](C)[C@@H](O)[C@@H](C)[C@H](O)[C@@H]1C. The van der Waals surface area contributed by atoms with Crippen LogP contribution >= 0.6 is 0 Å². The zero-order valence-electron chi connectivity index (χ0n) is 31.9. The molecule has 0 fully saturated rings. The van der Waals surface area contributed by atoms with Gasteiger partial charge in [0.05, 0.1) is 41.6 Å². The topological polar surface area (TPSA) is 192 Å². The zero-order valence-corrected chi connectivity index (χ0v) is 31.9. The van der Waals surface area contributed by atoms with E-state index < -0.39 is 71.3 Å². The second-order valence-corrected chi connectivity index (χ2v) is 15.0. The number of Topliss-reactive ketones (excluding diaryl/α,β-unsaturated/α-hetero) is 1. The number of phenolic OH excluding ortho intramolecular Hbond substituents is 2. The fraction of sp³-hybridized carbons (Fsp3) is 0.439. The van der Waals surface area contributed by atoms with Crippen LogP contribution in [0.25, 0.3) is 27.5 Å². The lowest BCUT2D eigenvalue weighted by Crippen LogP contribution is -2.44. The minimum atomic E-state index is -1.93. The van der Waals surface area contributed by atoms with E-state index in [0.717, 1.165) is 5.56 Å². The van der Waals surface area contributed by atoms with E-state index >= 15 is 0 Å². The summed E-state index contributed by atoms with van der Waals surface area (Å²) in [6.07, 6.45) is 5.55. The van der Waals surface area contributed by atoms with Crippen LogP contribution in [-0.2, 0) is 14.3 Å². The van der Waals surface area contributed by atoms with Crippen LogP contribution in [0.5, 0.6) is 17.2 Å². The Morgan fingerprint density at radius 1 is 0.926 bits per heavy atom. The summed E-state index contributed by atoms with van der Waals surface area (Å²) in [6, 6.07) is 3.65. The fourth-order valence-corrected chi connectivity index (χ4v) is 7.64. The first-order valence-electron chi connectivity index (χ1n) is 18.1. The number of imidazole rings is 1. The highest BCUT2D eigenvalue weighted by Gasteiger charge is 2.49. The van der Waals surface area contributed by atoms with Crippen molar-refractivity contribution in [3.63, 3.8) is 0 Å². The number of anilines is 1. The molecule has 0 aliphatic carbocycles. The first kappa shape index (κ1) is 38.8. The molecule has 4 aromatic rings. The minimum Gasteiger partial charge on any atom is -0.507 e. The number of amides is 1. The summed E-state index contributed by atoms with van der Waals surface area (Å²) in [4.78, 5) is 33.0. The lowest BCUT2D eigenvalue weighted by molar-refractivity contribution is -0.112. The standard InChI is InChI=1S/C41H49N3O10/c1-18-13-15-44-26(17-18)42-30-27-28-36(48)24(7)38-29(27)39(50)41(8,54-38)53-16-14-25(52-9)21(4)34(46)23(6)35(47)22(5)33(45)19(2)11-10-12-20(3)40(51)43-31(32(30)44)37(28)49/h10-17,19,21-23,25,33-35,45-49H,1-9H3,(H,43,51)/b11-10+,16-14+,20-12?/t19-,21+,22+,23-,25-,33-,34+,35+,41-/m0/s1. The number of ketones is 1. The van der Waals surface area contributed by atoms with Crippen LogP contribution in [0.1, 0.15) is 63.0 Å². The number of ether oxygens (including phenoxy) is 3. The molecule has 0 saturated heterocycles. The van der Waals surface area contributed by atoms with Gasteiger partial charge >= 0.3 is 5.79 Å². The Bertz CT molecular complexity index is 2260. The number of carbonyl (C=O) groups excluding carboxylic acids is 2. The second kappa shape index (κ2) is 14.4. The van der Waals surface area contributed by atoms with Gasteiger partial charge in [-0.2, -0.15) is 0 Å². The van der Waals surface area contributed by atoms with E-state index in [1.54, 1.807) is 70.4 Å². The van der Waals surface area contributed by atoms with Gasteiger partial charge in [0.25, 0.3) is 11.7 Å². The van der Waals surface area contributed by atoms with E-state index in [1.165, 1.54) is 26.4 Å². The van der Waals surface area contributed by atoms with Crippen LogP contribution in [0.15, 0.2) is 54.5 Å². The van der Waals surface area contributed by atoms with E-state index in [2.05, 4.69) is 5.32 Å². The number of nitrogens with one attached hydrogen (secondary N) is 1. The number of rotatable bonds is 1. The number of benzene rings is 2. The number of aromatic nitrogens is 2. The van der Waals surface area contributed by atoms with E-state index in [4.69, 9.17) is 19.2 Å². The molecule has 0 saturated carbocycles. The van der Waals surface area contributed by atoms with Crippen molar-refractivity contribution in [3.8, 4) is 17.2 Å². The Balaban J connectivity index is 1.58. The molecule has 6 rings (SSSR count). The molecule has 54 heavy (non-hydrogen) atoms. The van der Waals surface area contributed by atoms with Crippen molar-refractivity contribution in [2.24, 2.45) is 23.7 Å². The lowest BCUT2D eigenvalue weighted by atomic mass is 9.78. The monoisotopic (exact) mass is 743 g/mol. The molecule has 2 aromatic heterocycles. The van der Waals surface area contributed by atoms with E-state index in [1.807, 2.05) is 19.1 Å². The Morgan fingerprint density at radius 3 is 2.28 bits per heavy atom. The molecule has 0 radical (unpaired) electrons. The number of fused-ring (bicyclic) bond motifs is 2. The molecule has 6 N–H and O–H groups in total. The van der Waals surface area contributed by atoms with Gasteiger partial charge in [-0.3, -0.25) is 14.0 Å². The molecule has 13 heteroatoms. The molecule has 4 bridgehead atoms. The highest BCUT2D eigenvalue weighted by atomic mass is 16.7. The van der Waals surface area contributed by atoms with Crippen molar-refractivity contribution in [2.45, 2.75) is 85.6 Å². The van der Waals surface area contributed by atoms with Crippen molar-refractivity contribution in [1.82, 2.24) is 9.38 Å². The van der Waals surface area contributed by atoms with Gasteiger partial charge in [0, 0.05) is 60.4 Å². The summed E-state index contributed by atoms with van der Waals surface area (Å²) in [7, 11) is 1.46. The number of methoxy groups -OCH3 is 1. The van der Waals surface area contributed by atoms with Gasteiger partial charge in [0.15, 0.2) is 5.75 Å². The first-order chi connectivity index (χ1) is 25.4. The summed E-state index contributed by atoms with van der Waals surface area (Å²) in [5.74, 6) is -6.23. The van der Waals surface area contributed by atoms with Crippen molar-refractivity contribution >= 4 is 44.8 Å². The minimum absolute atomic E-state index is 0.0318. The summed E-state index contributed by atoms with van der Waals surface area (Å²) >= 11 is 0. The van der Waals surface area contributed by atoms with E-state index in [9.17, 15) is 35.1 Å². The molecule has 2 aliphatic rings. The molecule has 0 spiro atoms. The molecule has 288 valence electrons. The normalized spacial score (nSPS) is 31.1. The molecule has 2 aromatic carbocycles. The zero-order chi connectivity index (χ0) is 39.5. The highest BCUT2D eigenvalue weighted by Crippen LogP contribution is 2.54. The quantitative estimate of drug-likeness (QED) is 0.133. The van der Waals surface area contributed by atoms with Crippen molar-refractivity contribution in [3.05, 3.63) is 71.2 Å². The fourth-order valence-electron chi connectivity index (χ4n) is 7.64. The number of allylic oxidation sites excluding steroid dienone is 2. The van der Waals surface area contributed by atoms with Crippen LogP contribution < -0.4 is 10.1 Å². The number of aromatic hydroxyl groups is 2. The Labute approximate surface area is 313 Å². The number of aliphatic hydroxyl groups is 3. The smallest absolute Gasteiger partial charge is 0.312 e. The second-order valence-electron chi connectivity index (χ2n) is 15.0. The number of hydrogen-bond donors (Lipinski definition) is 6. The lowest BCUT2D eigenvalue weighted by Gasteiger charge is -2.36. The van der Waals surface area contributed by atoms with E-state index in [-0.39, 0.29) is 55.7 Å². The average Bonchev–Trinajstić information content (AvgIpc) is 3.64. The molecule has 1 amide bonds. The predicted molar refractivity (Wildman–Crippen MR) is 204 cm³/mol. The number of nitrogens with zero attached hydrogens (tertiary/aromatic N) is 2. The number of pyridine rings is 1. The van der Waals surface area contributed by atoms with E-state index in [0.29, 0.717) is 5.65 Å². The van der Waals surface area contributed by atoms with Gasteiger partial charge in [-0.1, -0.05) is 45.9 Å². The summed E-state index contributed by atoms with van der Waals surface area (Å²) in [5, 5.41) is 60.2. The van der Waals surface area contributed by atoms with Gasteiger partial charge in [0.2, 0.25) is 0 Å². The largest absolute Gasteiger partial charge is 0.507 e. The predicted octanol–water partition coefficient (Wildman–Crippen LogP) is 5.59. The average molecular weight is 744 g/mol. The maximum Gasteiger partial charge on any atom is 0.312 e. The third-order valence-corrected chi connectivity index (χ3v) is 11.3.